The number of amides is 2. The molecule has 5 N–H and O–H groups in total. The lowest BCUT2D eigenvalue weighted by Gasteiger charge is -2.44. The van der Waals surface area contributed by atoms with Crippen LogP contribution in [0.1, 0.15) is 65.7 Å². The minimum absolute atomic E-state index is 0.248. The molecule has 0 aromatic carbocycles. The van der Waals surface area contributed by atoms with Crippen LogP contribution in [0.15, 0.2) is 0 Å². The summed E-state index contributed by atoms with van der Waals surface area (Å²) in [7, 11) is 0. The van der Waals surface area contributed by atoms with Crippen LogP contribution in [-0.4, -0.2) is 104 Å². The first kappa shape index (κ1) is 36.0. The molecule has 1 saturated heterocycles. The summed E-state index contributed by atoms with van der Waals surface area (Å²) < 4.78 is 32.5. The molecule has 6 atom stereocenters. The van der Waals surface area contributed by atoms with Crippen molar-refractivity contribution in [1.82, 2.24) is 5.32 Å². The van der Waals surface area contributed by atoms with Crippen LogP contribution in [0.4, 0.5) is 4.79 Å². The highest BCUT2D eigenvalue weighted by Crippen LogP contribution is 2.34. The van der Waals surface area contributed by atoms with Gasteiger partial charge in [0, 0.05) is 40.3 Å². The summed E-state index contributed by atoms with van der Waals surface area (Å²) in [5.41, 5.74) is 5.44. The fourth-order valence-corrected chi connectivity index (χ4v) is 4.18. The highest BCUT2D eigenvalue weighted by molar-refractivity contribution is 5.74. The van der Waals surface area contributed by atoms with Gasteiger partial charge in [-0.25, -0.2) is 4.79 Å². The minimum Gasteiger partial charge on any atom is -0.463 e. The van der Waals surface area contributed by atoms with Crippen LogP contribution < -0.4 is 11.1 Å². The fraction of sp³-hybridized carbons (Fsp3) is 0.808. The zero-order chi connectivity index (χ0) is 30.8. The van der Waals surface area contributed by atoms with Crippen molar-refractivity contribution in [3.63, 3.8) is 0 Å². The van der Waals surface area contributed by atoms with E-state index in [0.29, 0.717) is 13.0 Å². The van der Waals surface area contributed by atoms with Crippen molar-refractivity contribution in [1.29, 1.82) is 0 Å². The number of nitrogens with two attached hydrogens (primary N) is 1. The van der Waals surface area contributed by atoms with Gasteiger partial charge >= 0.3 is 24.0 Å². The molecule has 41 heavy (non-hydrogen) atoms. The Morgan fingerprint density at radius 2 is 1.49 bits per heavy atom. The molecule has 0 aromatic heterocycles. The number of esters is 3. The average Bonchev–Trinajstić information content (AvgIpc) is 2.89. The molecular weight excluding hydrogens is 548 g/mol. The quantitative estimate of drug-likeness (QED) is 0.0887. The lowest BCUT2D eigenvalue weighted by atomic mass is 9.87. The molecule has 0 aliphatic carbocycles. The molecule has 0 radical (unpaired) electrons. The molecular formula is C26H44N2O13. The SMILES string of the molecule is CC(=O)OC[C@H]1O[C@@H](OCCCCCCCCNC(=O)OC[C@@H](O)CO)[C@H](CC(N)=O)[C@@H](OC(C)=O)[C@H]1OC(C)=O. The number of alkyl carbamates (subject to hydrolysis) is 1. The van der Waals surface area contributed by atoms with Crippen LogP contribution in [-0.2, 0) is 47.6 Å². The predicted molar refractivity (Wildman–Crippen MR) is 140 cm³/mol. The van der Waals surface area contributed by atoms with E-state index in [1.54, 1.807) is 0 Å². The van der Waals surface area contributed by atoms with E-state index in [1.165, 1.54) is 13.8 Å². The summed E-state index contributed by atoms with van der Waals surface area (Å²) >= 11 is 0. The summed E-state index contributed by atoms with van der Waals surface area (Å²) in [4.78, 5) is 58.4. The normalized spacial score (nSPS) is 22.7. The van der Waals surface area contributed by atoms with Crippen LogP contribution in [0.3, 0.4) is 0 Å². The maximum absolute atomic E-state index is 11.9. The van der Waals surface area contributed by atoms with E-state index in [2.05, 4.69) is 5.32 Å². The highest BCUT2D eigenvalue weighted by atomic mass is 16.7. The van der Waals surface area contributed by atoms with E-state index >= 15 is 0 Å². The van der Waals surface area contributed by atoms with Gasteiger partial charge in [-0.2, -0.15) is 0 Å². The van der Waals surface area contributed by atoms with Crippen LogP contribution in [0.25, 0.3) is 0 Å². The number of aliphatic hydroxyl groups is 2. The Hall–Kier alpha value is -3.01. The van der Waals surface area contributed by atoms with Crippen molar-refractivity contribution < 1.29 is 62.6 Å². The Balaban J connectivity index is 2.59. The highest BCUT2D eigenvalue weighted by Gasteiger charge is 2.51. The van der Waals surface area contributed by atoms with Crippen molar-refractivity contribution in [3.05, 3.63) is 0 Å². The van der Waals surface area contributed by atoms with Crippen molar-refractivity contribution in [3.8, 4) is 0 Å². The topological polar surface area (TPSA) is 219 Å². The fourth-order valence-electron chi connectivity index (χ4n) is 4.18. The minimum atomic E-state index is -1.16. The van der Waals surface area contributed by atoms with Gasteiger partial charge in [-0.05, 0) is 12.8 Å². The molecule has 15 heteroatoms. The average molecular weight is 593 g/mol. The van der Waals surface area contributed by atoms with Crippen molar-refractivity contribution >= 4 is 29.9 Å². The molecule has 236 valence electrons. The standard InChI is InChI=1S/C26H44N2O13/c1-16(30)37-15-21-24(40-18(3)32)23(39-17(2)31)20(12-22(27)34)25(41-21)36-11-9-7-5-4-6-8-10-28-26(35)38-14-19(33)13-29/h19-21,23-25,29,33H,4-15H2,1-3H3,(H2,27,34)(H,28,35)/t19-,20+,21+,23+,24-,25+/m0/s1. The molecule has 0 saturated carbocycles. The number of carbonyl (C=O) groups is 5. The molecule has 1 heterocycles. The number of primary amides is 1. The van der Waals surface area contributed by atoms with Crippen molar-refractivity contribution in [2.45, 2.75) is 96.4 Å². The molecule has 15 nitrogen and oxygen atoms in total. The Morgan fingerprint density at radius 1 is 0.878 bits per heavy atom. The van der Waals surface area contributed by atoms with Crippen LogP contribution in [0, 0.1) is 5.92 Å². The molecule has 2 amide bonds. The predicted octanol–water partition coefficient (Wildman–Crippen LogP) is 0.0660. The van der Waals surface area contributed by atoms with Crippen LogP contribution in [0.5, 0.6) is 0 Å². The van der Waals surface area contributed by atoms with Gasteiger partial charge in [0.05, 0.1) is 12.5 Å². The number of hydrogen-bond acceptors (Lipinski definition) is 13. The third-order valence-electron chi connectivity index (χ3n) is 6.00. The third-order valence-corrected chi connectivity index (χ3v) is 6.00. The van der Waals surface area contributed by atoms with Crippen LogP contribution >= 0.6 is 0 Å². The largest absolute Gasteiger partial charge is 0.463 e. The summed E-state index contributed by atoms with van der Waals surface area (Å²) in [5.74, 6) is -3.53. The zero-order valence-electron chi connectivity index (χ0n) is 23.9. The second kappa shape index (κ2) is 20.0. The van der Waals surface area contributed by atoms with E-state index in [9.17, 15) is 24.0 Å². The number of hydrogen-bond donors (Lipinski definition) is 4. The molecule has 1 rings (SSSR count). The number of unbranched alkanes of at least 4 members (excludes halogenated alkanes) is 5. The number of aliphatic hydroxyl groups excluding tert-OH is 2. The summed E-state index contributed by atoms with van der Waals surface area (Å²) in [5, 5.41) is 20.4. The number of rotatable bonds is 19. The lowest BCUT2D eigenvalue weighted by Crippen LogP contribution is -2.59. The van der Waals surface area contributed by atoms with E-state index in [-0.39, 0.29) is 26.2 Å². The van der Waals surface area contributed by atoms with Gasteiger partial charge in [0.2, 0.25) is 5.91 Å². The van der Waals surface area contributed by atoms with Crippen LogP contribution in [0.2, 0.25) is 0 Å². The first-order valence-electron chi connectivity index (χ1n) is 13.7. The number of nitrogens with one attached hydrogen (secondary N) is 1. The number of carbonyl (C=O) groups excluding carboxylic acids is 5. The Labute approximate surface area is 239 Å². The first-order valence-corrected chi connectivity index (χ1v) is 13.7. The van der Waals surface area contributed by atoms with Gasteiger partial charge in [0.1, 0.15) is 31.5 Å². The summed E-state index contributed by atoms with van der Waals surface area (Å²) in [6.45, 7) is 3.15. The van der Waals surface area contributed by atoms with E-state index < -0.39 is 73.1 Å². The Kier molecular flexibility index (Phi) is 17.5. The molecule has 0 unspecified atom stereocenters. The van der Waals surface area contributed by atoms with Gasteiger partial charge in [-0.1, -0.05) is 25.7 Å². The second-order valence-electron chi connectivity index (χ2n) is 9.68. The lowest BCUT2D eigenvalue weighted by molar-refractivity contribution is -0.291. The van der Waals surface area contributed by atoms with Gasteiger partial charge in [-0.15, -0.1) is 0 Å². The molecule has 0 aromatic rings. The number of ether oxygens (including phenoxy) is 6. The Bertz CT molecular complexity index is 840. The van der Waals surface area contributed by atoms with Gasteiger partial charge in [0.15, 0.2) is 12.4 Å². The monoisotopic (exact) mass is 592 g/mol. The third kappa shape index (κ3) is 15.5. The molecule has 0 spiro atoms. The van der Waals surface area contributed by atoms with Gasteiger partial charge in [0.25, 0.3) is 0 Å². The van der Waals surface area contributed by atoms with E-state index in [4.69, 9.17) is 44.4 Å². The van der Waals surface area contributed by atoms with E-state index in [1.807, 2.05) is 0 Å². The van der Waals surface area contributed by atoms with Crippen molar-refractivity contribution in [2.75, 3.05) is 33.0 Å². The van der Waals surface area contributed by atoms with Gasteiger partial charge in [-0.3, -0.25) is 19.2 Å². The summed E-state index contributed by atoms with van der Waals surface area (Å²) in [6.07, 6.45) is -1.51. The summed E-state index contributed by atoms with van der Waals surface area (Å²) in [6, 6.07) is 0. The molecule has 1 aliphatic heterocycles. The maximum atomic E-state index is 11.9. The maximum Gasteiger partial charge on any atom is 0.407 e. The molecule has 1 aliphatic rings. The smallest absolute Gasteiger partial charge is 0.407 e. The first-order chi connectivity index (χ1) is 19.4. The molecule has 1 fully saturated rings. The van der Waals surface area contributed by atoms with Gasteiger partial charge < -0.3 is 49.7 Å². The Morgan fingerprint density at radius 3 is 2.07 bits per heavy atom. The molecule has 0 bridgehead atoms. The zero-order valence-corrected chi connectivity index (χ0v) is 23.9. The van der Waals surface area contributed by atoms with E-state index in [0.717, 1.165) is 39.0 Å². The second-order valence-corrected chi connectivity index (χ2v) is 9.68. The van der Waals surface area contributed by atoms with Crippen molar-refractivity contribution in [2.24, 2.45) is 11.7 Å².